The molecule has 1 aromatic rings. The third kappa shape index (κ3) is 3.14. The molecule has 0 amide bonds. The molecule has 0 aliphatic carbocycles. The maximum absolute atomic E-state index is 12.9. The maximum atomic E-state index is 12.9. The van der Waals surface area contributed by atoms with Gasteiger partial charge in [-0.2, -0.15) is 4.31 Å². The fraction of sp³-hybridized carbons (Fsp3) is 0.571. The van der Waals surface area contributed by atoms with Crippen molar-refractivity contribution in [2.24, 2.45) is 0 Å². The molecular weight excluding hydrogens is 292 g/mol. The van der Waals surface area contributed by atoms with Crippen molar-refractivity contribution in [3.8, 4) is 11.5 Å². The number of hydrogen-bond donors (Lipinski definition) is 1. The van der Waals surface area contributed by atoms with Crippen molar-refractivity contribution < 1.29 is 17.9 Å². The number of ether oxygens (including phenoxy) is 2. The van der Waals surface area contributed by atoms with Crippen LogP contribution in [0.2, 0.25) is 0 Å². The van der Waals surface area contributed by atoms with Crippen molar-refractivity contribution in [1.82, 2.24) is 9.62 Å². The normalized spacial score (nSPS) is 19.0. The number of hydrogen-bond acceptors (Lipinski definition) is 5. The van der Waals surface area contributed by atoms with Gasteiger partial charge in [-0.05, 0) is 25.1 Å². The van der Waals surface area contributed by atoms with E-state index in [1.165, 1.54) is 24.6 Å². The standard InChI is InChI=1S/C14H22N2O4S/c1-4-16(11-7-8-15-10-11)21(17,18)14-6-5-12(19-2)9-13(14)20-3/h5-6,9,11,15H,4,7-8,10H2,1-3H3. The number of sulfonamides is 1. The fourth-order valence-corrected chi connectivity index (χ4v) is 4.43. The van der Waals surface area contributed by atoms with Gasteiger partial charge >= 0.3 is 0 Å². The summed E-state index contributed by atoms with van der Waals surface area (Å²) in [5, 5.41) is 3.20. The van der Waals surface area contributed by atoms with Crippen LogP contribution in [-0.2, 0) is 10.0 Å². The molecule has 1 N–H and O–H groups in total. The van der Waals surface area contributed by atoms with E-state index in [1.807, 2.05) is 6.92 Å². The molecule has 6 nitrogen and oxygen atoms in total. The van der Waals surface area contributed by atoms with E-state index < -0.39 is 10.0 Å². The second-order valence-electron chi connectivity index (χ2n) is 4.87. The zero-order chi connectivity index (χ0) is 15.5. The Morgan fingerprint density at radius 3 is 2.62 bits per heavy atom. The van der Waals surface area contributed by atoms with Crippen LogP contribution in [-0.4, -0.2) is 52.6 Å². The van der Waals surface area contributed by atoms with E-state index in [2.05, 4.69) is 5.32 Å². The summed E-state index contributed by atoms with van der Waals surface area (Å²) >= 11 is 0. The van der Waals surface area contributed by atoms with Crippen molar-refractivity contribution in [2.45, 2.75) is 24.3 Å². The number of rotatable bonds is 6. The van der Waals surface area contributed by atoms with Crippen LogP contribution in [0.4, 0.5) is 0 Å². The molecule has 0 spiro atoms. The molecule has 0 saturated carbocycles. The molecule has 7 heteroatoms. The predicted molar refractivity (Wildman–Crippen MR) is 80.4 cm³/mol. The lowest BCUT2D eigenvalue weighted by atomic mass is 10.3. The first-order valence-corrected chi connectivity index (χ1v) is 8.43. The molecule has 1 heterocycles. The van der Waals surface area contributed by atoms with Gasteiger partial charge in [0.25, 0.3) is 0 Å². The van der Waals surface area contributed by atoms with Gasteiger partial charge in [-0.3, -0.25) is 0 Å². The smallest absolute Gasteiger partial charge is 0.247 e. The van der Waals surface area contributed by atoms with E-state index in [0.29, 0.717) is 24.6 Å². The Morgan fingerprint density at radius 1 is 1.33 bits per heavy atom. The van der Waals surface area contributed by atoms with Crippen LogP contribution in [0.3, 0.4) is 0 Å². The lowest BCUT2D eigenvalue weighted by Gasteiger charge is -2.27. The number of nitrogens with zero attached hydrogens (tertiary/aromatic N) is 1. The van der Waals surface area contributed by atoms with Gasteiger partial charge in [0, 0.05) is 25.2 Å². The van der Waals surface area contributed by atoms with Gasteiger partial charge in [0.15, 0.2) is 0 Å². The molecule has 0 bridgehead atoms. The van der Waals surface area contributed by atoms with E-state index in [0.717, 1.165) is 13.0 Å². The van der Waals surface area contributed by atoms with Crippen LogP contribution in [0.1, 0.15) is 13.3 Å². The monoisotopic (exact) mass is 314 g/mol. The fourth-order valence-electron chi connectivity index (χ4n) is 2.62. The second-order valence-corrected chi connectivity index (χ2v) is 6.73. The Hall–Kier alpha value is -1.31. The lowest BCUT2D eigenvalue weighted by molar-refractivity contribution is 0.343. The van der Waals surface area contributed by atoms with E-state index in [4.69, 9.17) is 9.47 Å². The van der Waals surface area contributed by atoms with Gasteiger partial charge in [0.05, 0.1) is 14.2 Å². The van der Waals surface area contributed by atoms with Crippen LogP contribution in [0.5, 0.6) is 11.5 Å². The number of nitrogens with one attached hydrogen (secondary N) is 1. The van der Waals surface area contributed by atoms with Gasteiger partial charge in [0.1, 0.15) is 16.4 Å². The third-order valence-corrected chi connectivity index (χ3v) is 5.78. The minimum absolute atomic E-state index is 0.00759. The molecule has 1 aliphatic rings. The Morgan fingerprint density at radius 2 is 2.10 bits per heavy atom. The summed E-state index contributed by atoms with van der Waals surface area (Å²) in [5.74, 6) is 0.870. The lowest BCUT2D eigenvalue weighted by Crippen LogP contribution is -2.41. The Kier molecular flexibility index (Phi) is 5.08. The Bertz CT molecular complexity index is 583. The van der Waals surface area contributed by atoms with Crippen molar-refractivity contribution in [3.63, 3.8) is 0 Å². The van der Waals surface area contributed by atoms with Gasteiger partial charge in [-0.1, -0.05) is 6.92 Å². The quantitative estimate of drug-likeness (QED) is 0.851. The van der Waals surface area contributed by atoms with Crippen molar-refractivity contribution in [3.05, 3.63) is 18.2 Å². The van der Waals surface area contributed by atoms with E-state index in [9.17, 15) is 8.42 Å². The van der Waals surface area contributed by atoms with Crippen molar-refractivity contribution in [2.75, 3.05) is 33.9 Å². The van der Waals surface area contributed by atoms with Crippen LogP contribution in [0.15, 0.2) is 23.1 Å². The molecule has 2 rings (SSSR count). The minimum atomic E-state index is -3.59. The van der Waals surface area contributed by atoms with Crippen LogP contribution < -0.4 is 14.8 Å². The average molecular weight is 314 g/mol. The zero-order valence-corrected chi connectivity index (χ0v) is 13.4. The Labute approximate surface area is 126 Å². The molecule has 118 valence electrons. The van der Waals surface area contributed by atoms with Gasteiger partial charge in [-0.25, -0.2) is 8.42 Å². The molecule has 1 unspecified atom stereocenters. The van der Waals surface area contributed by atoms with Gasteiger partial charge in [0.2, 0.25) is 10.0 Å². The topological polar surface area (TPSA) is 67.9 Å². The van der Waals surface area contributed by atoms with E-state index >= 15 is 0 Å². The van der Waals surface area contributed by atoms with Crippen LogP contribution in [0.25, 0.3) is 0 Å². The summed E-state index contributed by atoms with van der Waals surface area (Å²) in [6.45, 7) is 3.82. The molecule has 21 heavy (non-hydrogen) atoms. The highest BCUT2D eigenvalue weighted by atomic mass is 32.2. The molecule has 0 radical (unpaired) electrons. The summed E-state index contributed by atoms with van der Waals surface area (Å²) in [5.41, 5.74) is 0. The van der Waals surface area contributed by atoms with Crippen LogP contribution in [0, 0.1) is 0 Å². The van der Waals surface area contributed by atoms with E-state index in [1.54, 1.807) is 12.1 Å². The SMILES string of the molecule is CCN(C1CCNC1)S(=O)(=O)c1ccc(OC)cc1OC. The van der Waals surface area contributed by atoms with Crippen LogP contribution >= 0.6 is 0 Å². The highest BCUT2D eigenvalue weighted by molar-refractivity contribution is 7.89. The molecule has 1 aliphatic heterocycles. The summed E-state index contributed by atoms with van der Waals surface area (Å²) in [6.07, 6.45) is 0.825. The Balaban J connectivity index is 2.42. The minimum Gasteiger partial charge on any atom is -0.497 e. The highest BCUT2D eigenvalue weighted by Gasteiger charge is 2.33. The maximum Gasteiger partial charge on any atom is 0.247 e. The number of methoxy groups -OCH3 is 2. The predicted octanol–water partition coefficient (Wildman–Crippen LogP) is 1.08. The number of likely N-dealkylation sites (N-methyl/N-ethyl adjacent to an activating group) is 1. The molecule has 0 aromatic heterocycles. The summed E-state index contributed by atoms with van der Waals surface area (Å²) in [4.78, 5) is 0.180. The van der Waals surface area contributed by atoms with E-state index in [-0.39, 0.29) is 10.9 Å². The average Bonchev–Trinajstić information content (AvgIpc) is 3.00. The first-order valence-electron chi connectivity index (χ1n) is 6.99. The molecule has 1 aromatic carbocycles. The summed E-state index contributed by atoms with van der Waals surface area (Å²) < 4.78 is 37.7. The summed E-state index contributed by atoms with van der Waals surface area (Å²) in [7, 11) is -0.597. The summed E-state index contributed by atoms with van der Waals surface area (Å²) in [6, 6.07) is 4.76. The van der Waals surface area contributed by atoms with Crippen molar-refractivity contribution in [1.29, 1.82) is 0 Å². The third-order valence-electron chi connectivity index (χ3n) is 3.71. The van der Waals surface area contributed by atoms with Gasteiger partial charge in [-0.15, -0.1) is 0 Å². The first-order chi connectivity index (χ1) is 10.0. The highest BCUT2D eigenvalue weighted by Crippen LogP contribution is 2.31. The number of benzene rings is 1. The molecule has 1 saturated heterocycles. The second kappa shape index (κ2) is 6.64. The first kappa shape index (κ1) is 16.1. The largest absolute Gasteiger partial charge is 0.497 e. The molecular formula is C14H22N2O4S. The molecule has 1 fully saturated rings. The van der Waals surface area contributed by atoms with Gasteiger partial charge < -0.3 is 14.8 Å². The zero-order valence-electron chi connectivity index (χ0n) is 12.6. The molecule has 1 atom stereocenters. The van der Waals surface area contributed by atoms with Crippen molar-refractivity contribution >= 4 is 10.0 Å².